The molecule has 0 fully saturated rings. The highest BCUT2D eigenvalue weighted by molar-refractivity contribution is 7.99. The maximum atomic E-state index is 8.88. The van der Waals surface area contributed by atoms with Crippen LogP contribution in [0.25, 0.3) is 11.8 Å². The first-order valence-corrected chi connectivity index (χ1v) is 8.50. The zero-order valence-corrected chi connectivity index (χ0v) is 14.7. The number of hydrogen-bond donors (Lipinski definition) is 2. The fraction of sp³-hybridized carbons (Fsp3) is 0.214. The number of benzene rings is 1. The lowest BCUT2D eigenvalue weighted by Crippen LogP contribution is -1.93. The largest absolute Gasteiger partial charge is 0.386 e. The molecular formula is C14H15Cl2N3O4S. The minimum absolute atomic E-state index is 0.118. The van der Waals surface area contributed by atoms with Crippen LogP contribution < -0.4 is 0 Å². The minimum Gasteiger partial charge on any atom is -0.386 e. The Hall–Kier alpha value is -1.74. The van der Waals surface area contributed by atoms with Crippen molar-refractivity contribution in [1.29, 1.82) is 0 Å². The Morgan fingerprint density at radius 3 is 2.71 bits per heavy atom. The third-order valence-corrected chi connectivity index (χ3v) is 3.94. The van der Waals surface area contributed by atoms with Gasteiger partial charge in [-0.1, -0.05) is 29.3 Å². The molecule has 1 aromatic carbocycles. The number of rotatable bonds is 6. The summed E-state index contributed by atoms with van der Waals surface area (Å²) in [5.41, 5.74) is 2.02. The van der Waals surface area contributed by atoms with Crippen LogP contribution in [0, 0.1) is 10.1 Å². The lowest BCUT2D eigenvalue weighted by atomic mass is 10.0. The SMILES string of the molecule is O=[N+]([O-])O.OCSCCC(=Cn1ccnc1)c1ccc(Cl)cc1Cl. The van der Waals surface area contributed by atoms with Gasteiger partial charge in [-0.25, -0.2) is 4.98 Å². The fourth-order valence-electron chi connectivity index (χ4n) is 1.79. The molecule has 0 spiro atoms. The molecule has 0 unspecified atom stereocenters. The van der Waals surface area contributed by atoms with Crippen LogP contribution in [0.5, 0.6) is 0 Å². The summed E-state index contributed by atoms with van der Waals surface area (Å²) < 4.78 is 1.88. The summed E-state index contributed by atoms with van der Waals surface area (Å²) >= 11 is 13.7. The predicted octanol–water partition coefficient (Wildman–Crippen LogP) is 3.91. The van der Waals surface area contributed by atoms with Gasteiger partial charge < -0.3 is 14.9 Å². The summed E-state index contributed by atoms with van der Waals surface area (Å²) in [6, 6.07) is 5.47. The van der Waals surface area contributed by atoms with Gasteiger partial charge in [0.15, 0.2) is 0 Å². The van der Waals surface area contributed by atoms with Crippen molar-refractivity contribution in [3.05, 3.63) is 62.6 Å². The van der Waals surface area contributed by atoms with Gasteiger partial charge in [0.2, 0.25) is 0 Å². The van der Waals surface area contributed by atoms with Crippen molar-refractivity contribution in [1.82, 2.24) is 9.55 Å². The zero-order chi connectivity index (χ0) is 17.9. The molecular weight excluding hydrogens is 377 g/mol. The van der Waals surface area contributed by atoms with Gasteiger partial charge in [0.05, 0.1) is 12.3 Å². The van der Waals surface area contributed by atoms with Crippen molar-refractivity contribution in [3.8, 4) is 0 Å². The Labute approximate surface area is 152 Å². The Balaban J connectivity index is 0.000000648. The van der Waals surface area contributed by atoms with Crippen molar-refractivity contribution in [2.24, 2.45) is 0 Å². The second kappa shape index (κ2) is 10.9. The van der Waals surface area contributed by atoms with E-state index in [0.717, 1.165) is 23.3 Å². The first-order chi connectivity index (χ1) is 11.4. The van der Waals surface area contributed by atoms with Gasteiger partial charge in [-0.15, -0.1) is 21.9 Å². The molecule has 0 aliphatic carbocycles. The van der Waals surface area contributed by atoms with Gasteiger partial charge in [-0.2, -0.15) is 0 Å². The third-order valence-electron chi connectivity index (χ3n) is 2.71. The highest BCUT2D eigenvalue weighted by Crippen LogP contribution is 2.30. The lowest BCUT2D eigenvalue weighted by molar-refractivity contribution is -0.742. The van der Waals surface area contributed by atoms with E-state index >= 15 is 0 Å². The Bertz CT molecular complexity index is 677. The molecule has 0 saturated carbocycles. The van der Waals surface area contributed by atoms with Crippen LogP contribution in [0.2, 0.25) is 10.0 Å². The number of thioether (sulfide) groups is 1. The van der Waals surface area contributed by atoms with E-state index in [1.165, 1.54) is 11.8 Å². The second-order valence-corrected chi connectivity index (χ2v) is 6.23. The standard InChI is InChI=1S/C14H14Cl2N2OS.HNO3/c15-12-1-2-13(14(16)7-12)11(3-6-20-10-19)8-18-5-4-17-9-18;2-1(3)4/h1-2,4-5,7-9,19H,3,6,10H2;(H,2,3,4). The highest BCUT2D eigenvalue weighted by atomic mass is 35.5. The van der Waals surface area contributed by atoms with Crippen LogP contribution in [0.3, 0.4) is 0 Å². The average Bonchev–Trinajstić information content (AvgIpc) is 2.99. The summed E-state index contributed by atoms with van der Waals surface area (Å²) in [5, 5.41) is 23.8. The smallest absolute Gasteiger partial charge is 0.291 e. The van der Waals surface area contributed by atoms with Gasteiger partial charge in [-0.05, 0) is 35.4 Å². The highest BCUT2D eigenvalue weighted by Gasteiger charge is 2.08. The van der Waals surface area contributed by atoms with E-state index in [2.05, 4.69) is 4.98 Å². The number of hydrogen-bond acceptors (Lipinski definition) is 5. The molecule has 2 N–H and O–H groups in total. The summed E-state index contributed by atoms with van der Waals surface area (Å²) in [5.74, 6) is 0.933. The number of imidazole rings is 1. The third kappa shape index (κ3) is 7.69. The van der Waals surface area contributed by atoms with Gasteiger partial charge >= 0.3 is 0 Å². The average molecular weight is 392 g/mol. The van der Waals surface area contributed by atoms with E-state index in [4.69, 9.17) is 43.6 Å². The van der Waals surface area contributed by atoms with Crippen LogP contribution in [-0.2, 0) is 0 Å². The molecule has 0 amide bonds. The maximum absolute atomic E-state index is 8.88. The number of aromatic nitrogens is 2. The molecule has 0 aliphatic rings. The molecule has 7 nitrogen and oxygen atoms in total. The lowest BCUT2D eigenvalue weighted by Gasteiger charge is -2.10. The first-order valence-electron chi connectivity index (χ1n) is 6.59. The first kappa shape index (κ1) is 20.3. The molecule has 0 radical (unpaired) electrons. The molecule has 0 saturated heterocycles. The maximum Gasteiger partial charge on any atom is 0.291 e. The molecule has 1 heterocycles. The van der Waals surface area contributed by atoms with Crippen molar-refractivity contribution >= 4 is 46.7 Å². The molecule has 1 aromatic heterocycles. The van der Waals surface area contributed by atoms with Gasteiger partial charge in [0.1, 0.15) is 0 Å². The van der Waals surface area contributed by atoms with E-state index in [-0.39, 0.29) is 5.94 Å². The molecule has 2 aromatic rings. The molecule has 0 bridgehead atoms. The molecule has 10 heteroatoms. The quantitative estimate of drug-likeness (QED) is 0.335. The van der Waals surface area contributed by atoms with Gasteiger partial charge in [0, 0.05) is 28.6 Å². The number of aliphatic hydroxyl groups is 1. The van der Waals surface area contributed by atoms with Crippen LogP contribution in [0.15, 0.2) is 36.9 Å². The molecule has 0 atom stereocenters. The van der Waals surface area contributed by atoms with E-state index in [0.29, 0.717) is 10.0 Å². The van der Waals surface area contributed by atoms with E-state index < -0.39 is 5.09 Å². The van der Waals surface area contributed by atoms with Crippen LogP contribution in [-0.4, -0.2) is 36.6 Å². The minimum atomic E-state index is -1.50. The molecule has 0 aliphatic heterocycles. The zero-order valence-electron chi connectivity index (χ0n) is 12.4. The van der Waals surface area contributed by atoms with Crippen LogP contribution in [0.4, 0.5) is 0 Å². The summed E-state index contributed by atoms with van der Waals surface area (Å²) in [6.45, 7) is 0. The van der Waals surface area contributed by atoms with Crippen molar-refractivity contribution in [3.63, 3.8) is 0 Å². The topological polar surface area (TPSA) is 101 Å². The van der Waals surface area contributed by atoms with Crippen LogP contribution >= 0.6 is 35.0 Å². The molecule has 2 rings (SSSR count). The molecule has 24 heavy (non-hydrogen) atoms. The number of nitrogens with zero attached hydrogens (tertiary/aromatic N) is 3. The normalized spacial score (nSPS) is 10.9. The van der Waals surface area contributed by atoms with E-state index in [9.17, 15) is 0 Å². The van der Waals surface area contributed by atoms with Crippen LogP contribution in [0.1, 0.15) is 12.0 Å². The van der Waals surface area contributed by atoms with Crippen molar-refractivity contribution < 1.29 is 15.4 Å². The Morgan fingerprint density at radius 2 is 2.17 bits per heavy atom. The summed E-state index contributed by atoms with van der Waals surface area (Å²) in [6.07, 6.45) is 8.09. The van der Waals surface area contributed by atoms with Gasteiger partial charge in [-0.3, -0.25) is 0 Å². The number of aliphatic hydroxyl groups excluding tert-OH is 1. The fourth-order valence-corrected chi connectivity index (χ4v) is 2.81. The van der Waals surface area contributed by atoms with E-state index in [1.54, 1.807) is 18.6 Å². The Kier molecular flexibility index (Phi) is 9.24. The van der Waals surface area contributed by atoms with E-state index in [1.807, 2.05) is 29.1 Å². The van der Waals surface area contributed by atoms with Gasteiger partial charge in [0.25, 0.3) is 5.09 Å². The van der Waals surface area contributed by atoms with Crippen molar-refractivity contribution in [2.45, 2.75) is 6.42 Å². The predicted molar refractivity (Wildman–Crippen MR) is 95.8 cm³/mol. The second-order valence-electron chi connectivity index (χ2n) is 4.31. The van der Waals surface area contributed by atoms with Crippen molar-refractivity contribution in [2.75, 3.05) is 11.7 Å². The number of allylic oxidation sites excluding steroid dienone is 1. The molecule has 130 valence electrons. The monoisotopic (exact) mass is 391 g/mol. The Morgan fingerprint density at radius 1 is 1.46 bits per heavy atom. The number of halogens is 2. The summed E-state index contributed by atoms with van der Waals surface area (Å²) in [7, 11) is 0. The summed E-state index contributed by atoms with van der Waals surface area (Å²) in [4.78, 5) is 12.4.